The van der Waals surface area contributed by atoms with Gasteiger partial charge in [0.25, 0.3) is 0 Å². The molecule has 1 spiro atoms. The van der Waals surface area contributed by atoms with Gasteiger partial charge in [-0.2, -0.15) is 0 Å². The molecule has 2 aliphatic rings. The Labute approximate surface area is 135 Å². The molecule has 3 aromatic rings. The molecule has 23 heavy (non-hydrogen) atoms. The number of rotatable bonds is 1. The van der Waals surface area contributed by atoms with E-state index in [4.69, 9.17) is 4.99 Å². The topological polar surface area (TPSA) is 29.7 Å². The average Bonchev–Trinajstić information content (AvgIpc) is 2.97. The van der Waals surface area contributed by atoms with Crippen molar-refractivity contribution in [1.29, 1.82) is 0 Å². The van der Waals surface area contributed by atoms with Gasteiger partial charge in [-0.25, -0.2) is 4.98 Å². The van der Waals surface area contributed by atoms with E-state index in [1.807, 2.05) is 6.20 Å². The maximum Gasteiger partial charge on any atom is 0.140 e. The zero-order chi connectivity index (χ0) is 15.4. The summed E-state index contributed by atoms with van der Waals surface area (Å²) in [5.74, 6) is 0. The highest BCUT2D eigenvalue weighted by Gasteiger charge is 2.42. The molecule has 0 saturated heterocycles. The summed E-state index contributed by atoms with van der Waals surface area (Å²) in [7, 11) is 0. The molecule has 0 unspecified atom stereocenters. The summed E-state index contributed by atoms with van der Waals surface area (Å²) in [4.78, 5) is 9.64. The number of hydrogen-bond acceptors (Lipinski definition) is 2. The maximum absolute atomic E-state index is 5.02. The highest BCUT2D eigenvalue weighted by Crippen LogP contribution is 2.47. The second kappa shape index (κ2) is 4.54. The smallest absolute Gasteiger partial charge is 0.140 e. The zero-order valence-corrected chi connectivity index (χ0v) is 13.3. The van der Waals surface area contributed by atoms with Crippen molar-refractivity contribution in [3.05, 3.63) is 71.2 Å². The molecule has 114 valence electrons. The molecule has 5 rings (SSSR count). The molecule has 0 N–H and O–H groups in total. The molecule has 3 heterocycles. The number of hydrogen-bond donors (Lipinski definition) is 0. The van der Waals surface area contributed by atoms with Crippen molar-refractivity contribution in [3.63, 3.8) is 0 Å². The molecule has 2 aromatic heterocycles. The molecule has 0 radical (unpaired) electrons. The predicted molar refractivity (Wildman–Crippen MR) is 92.4 cm³/mol. The highest BCUT2D eigenvalue weighted by molar-refractivity contribution is 6.14. The largest absolute Gasteiger partial charge is 0.298 e. The lowest BCUT2D eigenvalue weighted by Gasteiger charge is -2.44. The highest BCUT2D eigenvalue weighted by atomic mass is 15.0. The van der Waals surface area contributed by atoms with Crippen LogP contribution in [-0.4, -0.2) is 21.6 Å². The molecule has 1 fully saturated rings. The molecule has 3 nitrogen and oxygen atoms in total. The lowest BCUT2D eigenvalue weighted by Crippen LogP contribution is -2.41. The summed E-state index contributed by atoms with van der Waals surface area (Å²) < 4.78 is 2.17. The Morgan fingerprint density at radius 1 is 1.09 bits per heavy atom. The number of fused-ring (bicyclic) bond motifs is 3. The predicted octanol–water partition coefficient (Wildman–Crippen LogP) is 3.92. The van der Waals surface area contributed by atoms with Crippen LogP contribution in [0.15, 0.2) is 53.8 Å². The second-order valence-electron chi connectivity index (χ2n) is 6.87. The van der Waals surface area contributed by atoms with E-state index in [1.54, 1.807) is 0 Å². The zero-order valence-electron chi connectivity index (χ0n) is 13.3. The van der Waals surface area contributed by atoms with Crippen LogP contribution in [0.5, 0.6) is 0 Å². The molecule has 1 aliphatic carbocycles. The third-order valence-electron chi connectivity index (χ3n) is 5.58. The number of nitrogens with zero attached hydrogens (tertiary/aromatic N) is 3. The van der Waals surface area contributed by atoms with E-state index in [9.17, 15) is 0 Å². The van der Waals surface area contributed by atoms with Crippen LogP contribution in [0.25, 0.3) is 5.65 Å². The summed E-state index contributed by atoms with van der Waals surface area (Å²) in [6.45, 7) is 3.02. The van der Waals surface area contributed by atoms with Gasteiger partial charge in [0, 0.05) is 23.7 Å². The summed E-state index contributed by atoms with van der Waals surface area (Å²) in [5, 5.41) is 0. The Morgan fingerprint density at radius 2 is 1.96 bits per heavy atom. The van der Waals surface area contributed by atoms with Crippen molar-refractivity contribution in [2.24, 2.45) is 4.99 Å². The minimum absolute atomic E-state index is 0.302. The minimum atomic E-state index is 0.302. The van der Waals surface area contributed by atoms with Crippen LogP contribution in [0, 0.1) is 6.92 Å². The number of pyridine rings is 1. The maximum atomic E-state index is 5.02. The van der Waals surface area contributed by atoms with E-state index in [0.717, 1.165) is 23.6 Å². The van der Waals surface area contributed by atoms with Gasteiger partial charge in [0.05, 0.1) is 17.6 Å². The fourth-order valence-corrected chi connectivity index (χ4v) is 4.13. The fraction of sp³-hybridized carbons (Fsp3) is 0.300. The average molecular weight is 301 g/mol. The summed E-state index contributed by atoms with van der Waals surface area (Å²) in [6.07, 6.45) is 7.92. The lowest BCUT2D eigenvalue weighted by atomic mass is 9.62. The van der Waals surface area contributed by atoms with Crippen molar-refractivity contribution in [2.75, 3.05) is 6.54 Å². The second-order valence-corrected chi connectivity index (χ2v) is 6.87. The minimum Gasteiger partial charge on any atom is -0.298 e. The Balaban J connectivity index is 1.73. The van der Waals surface area contributed by atoms with Gasteiger partial charge in [-0.1, -0.05) is 36.8 Å². The number of imidazole rings is 1. The van der Waals surface area contributed by atoms with E-state index in [0.29, 0.717) is 5.41 Å². The van der Waals surface area contributed by atoms with Crippen LogP contribution in [0.4, 0.5) is 0 Å². The van der Waals surface area contributed by atoms with Crippen LogP contribution in [0.1, 0.15) is 41.6 Å². The number of benzene rings is 1. The molecular formula is C20H19N3. The van der Waals surface area contributed by atoms with E-state index >= 15 is 0 Å². The van der Waals surface area contributed by atoms with Crippen molar-refractivity contribution in [3.8, 4) is 0 Å². The first kappa shape index (κ1) is 13.1. The SMILES string of the molecule is Cc1cccn2c(C3=NCC4(CCC4)c4ccccc43)cnc12. The Bertz CT molecular complexity index is 944. The van der Waals surface area contributed by atoms with Gasteiger partial charge in [-0.3, -0.25) is 9.39 Å². The van der Waals surface area contributed by atoms with E-state index in [2.05, 4.69) is 58.9 Å². The lowest BCUT2D eigenvalue weighted by molar-refractivity contribution is 0.251. The first-order valence-corrected chi connectivity index (χ1v) is 8.36. The van der Waals surface area contributed by atoms with Gasteiger partial charge in [0.1, 0.15) is 5.65 Å². The number of aryl methyl sites for hydroxylation is 1. The number of aromatic nitrogens is 2. The van der Waals surface area contributed by atoms with Gasteiger partial charge in [-0.05, 0) is 37.0 Å². The molecule has 0 atom stereocenters. The fourth-order valence-electron chi connectivity index (χ4n) is 4.13. The quantitative estimate of drug-likeness (QED) is 0.670. The Hall–Kier alpha value is -2.42. The van der Waals surface area contributed by atoms with Gasteiger partial charge in [-0.15, -0.1) is 0 Å². The van der Waals surface area contributed by atoms with Gasteiger partial charge < -0.3 is 0 Å². The van der Waals surface area contributed by atoms with Crippen molar-refractivity contribution in [2.45, 2.75) is 31.6 Å². The van der Waals surface area contributed by atoms with E-state index in [1.165, 1.54) is 36.0 Å². The molecule has 3 heteroatoms. The van der Waals surface area contributed by atoms with Crippen LogP contribution >= 0.6 is 0 Å². The van der Waals surface area contributed by atoms with Gasteiger partial charge in [0.15, 0.2) is 0 Å². The molecule has 0 bridgehead atoms. The monoisotopic (exact) mass is 301 g/mol. The van der Waals surface area contributed by atoms with Gasteiger partial charge in [0.2, 0.25) is 0 Å². The number of aliphatic imine (C=N–C) groups is 1. The molecule has 1 aromatic carbocycles. The normalized spacial score (nSPS) is 18.6. The standard InChI is InChI=1S/C20H19N3/c1-14-6-4-11-23-17(12-21-19(14)23)18-15-7-2-3-8-16(15)20(13-22-18)9-5-10-20/h2-4,6-8,11-12H,5,9-10,13H2,1H3. The third-order valence-corrected chi connectivity index (χ3v) is 5.58. The van der Waals surface area contributed by atoms with Gasteiger partial charge >= 0.3 is 0 Å². The van der Waals surface area contributed by atoms with Crippen LogP contribution in [0.3, 0.4) is 0 Å². The Kier molecular flexibility index (Phi) is 2.58. The summed E-state index contributed by atoms with van der Waals surface area (Å²) >= 11 is 0. The molecule has 1 aliphatic heterocycles. The molecular weight excluding hydrogens is 282 g/mol. The van der Waals surface area contributed by atoms with Crippen molar-refractivity contribution < 1.29 is 0 Å². The summed E-state index contributed by atoms with van der Waals surface area (Å²) in [5.41, 5.74) is 7.49. The molecule has 0 amide bonds. The van der Waals surface area contributed by atoms with Crippen molar-refractivity contribution >= 4 is 11.4 Å². The van der Waals surface area contributed by atoms with Crippen molar-refractivity contribution in [1.82, 2.24) is 9.38 Å². The van der Waals surface area contributed by atoms with E-state index < -0.39 is 0 Å². The first-order chi connectivity index (χ1) is 11.3. The first-order valence-electron chi connectivity index (χ1n) is 8.36. The van der Waals surface area contributed by atoms with Crippen LogP contribution in [0.2, 0.25) is 0 Å². The summed E-state index contributed by atoms with van der Waals surface area (Å²) in [6, 6.07) is 13.0. The Morgan fingerprint density at radius 3 is 2.78 bits per heavy atom. The van der Waals surface area contributed by atoms with Crippen LogP contribution in [-0.2, 0) is 5.41 Å². The third kappa shape index (κ3) is 1.70. The van der Waals surface area contributed by atoms with E-state index in [-0.39, 0.29) is 0 Å². The van der Waals surface area contributed by atoms with Crippen LogP contribution < -0.4 is 0 Å². The molecule has 1 saturated carbocycles.